The van der Waals surface area contributed by atoms with Gasteiger partial charge in [-0.1, -0.05) is 12.1 Å². The summed E-state index contributed by atoms with van der Waals surface area (Å²) < 4.78 is 15.2. The molecule has 0 aliphatic carbocycles. The number of hydrogen-bond acceptors (Lipinski definition) is 6. The molecule has 0 bridgehead atoms. The van der Waals surface area contributed by atoms with Crippen LogP contribution in [0.15, 0.2) is 47.1 Å². The van der Waals surface area contributed by atoms with Gasteiger partial charge in [0.1, 0.15) is 11.8 Å². The van der Waals surface area contributed by atoms with Crippen molar-refractivity contribution in [1.29, 1.82) is 0 Å². The molecule has 0 fully saturated rings. The second kappa shape index (κ2) is 8.70. The molecule has 0 spiro atoms. The number of carbonyl (C=O) groups is 3. The molecule has 1 aromatic heterocycles. The van der Waals surface area contributed by atoms with Gasteiger partial charge < -0.3 is 24.5 Å². The van der Waals surface area contributed by atoms with Gasteiger partial charge in [-0.05, 0) is 38.1 Å². The third kappa shape index (κ3) is 4.85. The number of hydrogen-bond donors (Lipinski definition) is 2. The van der Waals surface area contributed by atoms with E-state index in [1.54, 1.807) is 30.3 Å². The van der Waals surface area contributed by atoms with Gasteiger partial charge in [-0.3, -0.25) is 9.59 Å². The molecule has 0 radical (unpaired) electrons. The average Bonchev–Trinajstić information content (AvgIpc) is 3.16. The van der Waals surface area contributed by atoms with Gasteiger partial charge in [0, 0.05) is 0 Å². The van der Waals surface area contributed by atoms with Gasteiger partial charge in [-0.2, -0.15) is 0 Å². The minimum absolute atomic E-state index is 0.0756. The summed E-state index contributed by atoms with van der Waals surface area (Å²) in [6.45, 7) is 2.89. The van der Waals surface area contributed by atoms with Crippen LogP contribution in [-0.2, 0) is 14.3 Å². The number of amides is 2. The normalized spacial score (nSPS) is 12.6. The standard InChI is InChI=1S/C18H20N2O6/c1-11(19-17(22)15-9-6-10-25-15)18(23)26-12(2)16(21)20-13-7-4-5-8-14(13)24-3/h4-12H,1-3H3,(H,19,22)(H,20,21)/t11-,12-/m0/s1. The van der Waals surface area contributed by atoms with E-state index in [1.807, 2.05) is 0 Å². The van der Waals surface area contributed by atoms with Gasteiger partial charge in [-0.25, -0.2) is 4.79 Å². The first kappa shape index (κ1) is 19.0. The minimum Gasteiger partial charge on any atom is -0.495 e. The van der Waals surface area contributed by atoms with E-state index in [-0.39, 0.29) is 5.76 Å². The summed E-state index contributed by atoms with van der Waals surface area (Å²) >= 11 is 0. The second-order valence-corrected chi connectivity index (χ2v) is 5.44. The van der Waals surface area contributed by atoms with Gasteiger partial charge in [-0.15, -0.1) is 0 Å². The summed E-state index contributed by atoms with van der Waals surface area (Å²) in [5, 5.41) is 5.06. The number of nitrogens with one attached hydrogen (secondary N) is 2. The minimum atomic E-state index is -1.06. The number of furan rings is 1. The number of carbonyl (C=O) groups excluding carboxylic acids is 3. The van der Waals surface area contributed by atoms with E-state index in [0.717, 1.165) is 0 Å². The molecule has 0 unspecified atom stereocenters. The molecule has 8 heteroatoms. The monoisotopic (exact) mass is 360 g/mol. The molecule has 0 saturated carbocycles. The first-order chi connectivity index (χ1) is 12.4. The Balaban J connectivity index is 1.89. The third-order valence-corrected chi connectivity index (χ3v) is 3.47. The van der Waals surface area contributed by atoms with Crippen LogP contribution in [0.4, 0.5) is 5.69 Å². The van der Waals surface area contributed by atoms with Crippen LogP contribution in [-0.4, -0.2) is 37.0 Å². The maximum Gasteiger partial charge on any atom is 0.329 e. The third-order valence-electron chi connectivity index (χ3n) is 3.47. The molecular formula is C18H20N2O6. The SMILES string of the molecule is COc1ccccc1NC(=O)[C@H](C)OC(=O)[C@H](C)NC(=O)c1ccco1. The topological polar surface area (TPSA) is 107 Å². The zero-order valence-electron chi connectivity index (χ0n) is 14.6. The molecule has 2 amide bonds. The molecule has 0 aliphatic heterocycles. The van der Waals surface area contributed by atoms with Crippen molar-refractivity contribution in [2.24, 2.45) is 0 Å². The number of benzene rings is 1. The van der Waals surface area contributed by atoms with Crippen LogP contribution in [0.1, 0.15) is 24.4 Å². The predicted octanol–water partition coefficient (Wildman–Crippen LogP) is 1.98. The molecule has 2 atom stereocenters. The Labute approximate surface area is 150 Å². The fraction of sp³-hybridized carbons (Fsp3) is 0.278. The van der Waals surface area contributed by atoms with Gasteiger partial charge in [0.2, 0.25) is 0 Å². The number of anilines is 1. The van der Waals surface area contributed by atoms with Crippen LogP contribution in [0.5, 0.6) is 5.75 Å². The highest BCUT2D eigenvalue weighted by Gasteiger charge is 2.24. The van der Waals surface area contributed by atoms with Gasteiger partial charge in [0.25, 0.3) is 11.8 Å². The lowest BCUT2D eigenvalue weighted by molar-refractivity contribution is -0.154. The van der Waals surface area contributed by atoms with E-state index >= 15 is 0 Å². The van der Waals surface area contributed by atoms with E-state index in [2.05, 4.69) is 10.6 Å². The van der Waals surface area contributed by atoms with Crippen LogP contribution < -0.4 is 15.4 Å². The van der Waals surface area contributed by atoms with Gasteiger partial charge >= 0.3 is 5.97 Å². The molecule has 8 nitrogen and oxygen atoms in total. The lowest BCUT2D eigenvalue weighted by Gasteiger charge is -2.18. The molecule has 1 aromatic carbocycles. The van der Waals surface area contributed by atoms with Crippen molar-refractivity contribution >= 4 is 23.5 Å². The quantitative estimate of drug-likeness (QED) is 0.731. The van der Waals surface area contributed by atoms with Crippen molar-refractivity contribution in [3.05, 3.63) is 48.4 Å². The van der Waals surface area contributed by atoms with Crippen LogP contribution in [0.3, 0.4) is 0 Å². The van der Waals surface area contributed by atoms with E-state index < -0.39 is 29.9 Å². The number of rotatable bonds is 7. The van der Waals surface area contributed by atoms with Crippen molar-refractivity contribution in [2.45, 2.75) is 26.0 Å². The van der Waals surface area contributed by atoms with Gasteiger partial charge in [0.15, 0.2) is 11.9 Å². The van der Waals surface area contributed by atoms with E-state index in [1.165, 1.54) is 33.3 Å². The molecule has 0 saturated heterocycles. The van der Waals surface area contributed by atoms with Crippen molar-refractivity contribution in [2.75, 3.05) is 12.4 Å². The van der Waals surface area contributed by atoms with Crippen LogP contribution in [0, 0.1) is 0 Å². The van der Waals surface area contributed by atoms with Crippen LogP contribution >= 0.6 is 0 Å². The first-order valence-electron chi connectivity index (χ1n) is 7.91. The van der Waals surface area contributed by atoms with Crippen molar-refractivity contribution in [3.63, 3.8) is 0 Å². The Morgan fingerprint density at radius 3 is 2.46 bits per heavy atom. The predicted molar refractivity (Wildman–Crippen MR) is 92.8 cm³/mol. The number of esters is 1. The van der Waals surface area contributed by atoms with Crippen molar-refractivity contribution in [3.8, 4) is 5.75 Å². The number of ether oxygens (including phenoxy) is 2. The molecule has 2 aromatic rings. The number of para-hydroxylation sites is 2. The Morgan fingerprint density at radius 2 is 1.81 bits per heavy atom. The Morgan fingerprint density at radius 1 is 1.08 bits per heavy atom. The van der Waals surface area contributed by atoms with E-state index in [9.17, 15) is 14.4 Å². The molecular weight excluding hydrogens is 340 g/mol. The van der Waals surface area contributed by atoms with Crippen molar-refractivity contribution < 1.29 is 28.3 Å². The van der Waals surface area contributed by atoms with Crippen LogP contribution in [0.2, 0.25) is 0 Å². The second-order valence-electron chi connectivity index (χ2n) is 5.44. The summed E-state index contributed by atoms with van der Waals surface area (Å²) in [5.74, 6) is -1.25. The van der Waals surface area contributed by atoms with Gasteiger partial charge in [0.05, 0.1) is 19.1 Å². The maximum atomic E-state index is 12.2. The molecule has 0 aliphatic rings. The summed E-state index contributed by atoms with van der Waals surface area (Å²) in [6, 6.07) is 8.94. The highest BCUT2D eigenvalue weighted by molar-refractivity contribution is 5.97. The molecule has 2 rings (SSSR count). The highest BCUT2D eigenvalue weighted by Crippen LogP contribution is 2.23. The molecule has 2 N–H and O–H groups in total. The smallest absolute Gasteiger partial charge is 0.329 e. The lowest BCUT2D eigenvalue weighted by Crippen LogP contribution is -2.42. The van der Waals surface area contributed by atoms with Crippen molar-refractivity contribution in [1.82, 2.24) is 5.32 Å². The van der Waals surface area contributed by atoms with E-state index in [0.29, 0.717) is 11.4 Å². The first-order valence-corrected chi connectivity index (χ1v) is 7.91. The summed E-state index contributed by atoms with van der Waals surface area (Å²) in [5.41, 5.74) is 0.460. The maximum absolute atomic E-state index is 12.2. The Bertz CT molecular complexity index is 772. The summed E-state index contributed by atoms with van der Waals surface area (Å²) in [4.78, 5) is 36.1. The summed E-state index contributed by atoms with van der Waals surface area (Å²) in [7, 11) is 1.48. The fourth-order valence-corrected chi connectivity index (χ4v) is 2.05. The van der Waals surface area contributed by atoms with E-state index in [4.69, 9.17) is 13.9 Å². The molecule has 26 heavy (non-hydrogen) atoms. The largest absolute Gasteiger partial charge is 0.495 e. The molecule has 1 heterocycles. The highest BCUT2D eigenvalue weighted by atomic mass is 16.5. The fourth-order valence-electron chi connectivity index (χ4n) is 2.05. The molecule has 138 valence electrons. The lowest BCUT2D eigenvalue weighted by atomic mass is 10.2. The Kier molecular flexibility index (Phi) is 6.37. The zero-order valence-corrected chi connectivity index (χ0v) is 14.6. The number of methoxy groups -OCH3 is 1. The summed E-state index contributed by atoms with van der Waals surface area (Å²) in [6.07, 6.45) is 0.290. The Hall–Kier alpha value is -3.29. The zero-order chi connectivity index (χ0) is 19.1. The van der Waals surface area contributed by atoms with Crippen LogP contribution in [0.25, 0.3) is 0 Å². The average molecular weight is 360 g/mol.